The molecule has 7 heteroatoms. The standard InChI is InChI=1S/C25H26N2O5/c1-25(24(29)30-2,18-31-20-11-5-3-6-12-20)26-17-23(28)27-19-10-9-15-22(16-19)32-21-13-7-4-8-14-21/h3-16,26H,17-18H2,1-2H3,(H,27,28). The molecule has 3 rings (SSSR count). The maximum atomic E-state index is 12.5. The van der Waals surface area contributed by atoms with Gasteiger partial charge in [0.1, 0.15) is 29.4 Å². The van der Waals surface area contributed by atoms with Gasteiger partial charge >= 0.3 is 5.97 Å². The van der Waals surface area contributed by atoms with Gasteiger partial charge in [0.2, 0.25) is 5.91 Å². The van der Waals surface area contributed by atoms with Crippen molar-refractivity contribution in [3.05, 3.63) is 84.9 Å². The van der Waals surface area contributed by atoms with Crippen LogP contribution in [0, 0.1) is 0 Å². The second-order valence-corrected chi connectivity index (χ2v) is 7.27. The minimum atomic E-state index is -1.21. The van der Waals surface area contributed by atoms with Crippen LogP contribution in [0.5, 0.6) is 17.2 Å². The average molecular weight is 434 g/mol. The van der Waals surface area contributed by atoms with Crippen molar-refractivity contribution in [3.63, 3.8) is 0 Å². The maximum absolute atomic E-state index is 12.5. The lowest BCUT2D eigenvalue weighted by Gasteiger charge is -2.27. The van der Waals surface area contributed by atoms with E-state index in [0.29, 0.717) is 22.9 Å². The van der Waals surface area contributed by atoms with Crippen LogP contribution < -0.4 is 20.1 Å². The third-order valence-corrected chi connectivity index (χ3v) is 4.64. The van der Waals surface area contributed by atoms with Gasteiger partial charge in [-0.25, -0.2) is 4.79 Å². The predicted octanol–water partition coefficient (Wildman–Crippen LogP) is 4.02. The highest BCUT2D eigenvalue weighted by Gasteiger charge is 2.35. The summed E-state index contributed by atoms with van der Waals surface area (Å²) in [6, 6.07) is 25.5. The van der Waals surface area contributed by atoms with Crippen LogP contribution in [0.3, 0.4) is 0 Å². The summed E-state index contributed by atoms with van der Waals surface area (Å²) in [6.07, 6.45) is 0. The van der Waals surface area contributed by atoms with E-state index in [4.69, 9.17) is 14.2 Å². The Morgan fingerprint density at radius 2 is 1.47 bits per heavy atom. The molecule has 1 amide bonds. The SMILES string of the molecule is COC(=O)C(C)(COc1ccccc1)NCC(=O)Nc1cccc(Oc2ccccc2)c1. The highest BCUT2D eigenvalue weighted by Crippen LogP contribution is 2.23. The predicted molar refractivity (Wildman–Crippen MR) is 122 cm³/mol. The van der Waals surface area contributed by atoms with E-state index in [2.05, 4.69) is 10.6 Å². The number of amides is 1. The molecule has 166 valence electrons. The van der Waals surface area contributed by atoms with Gasteiger partial charge in [-0.3, -0.25) is 10.1 Å². The number of para-hydroxylation sites is 2. The molecule has 1 atom stereocenters. The van der Waals surface area contributed by atoms with Crippen LogP contribution in [0.2, 0.25) is 0 Å². The number of carbonyl (C=O) groups excluding carboxylic acids is 2. The summed E-state index contributed by atoms with van der Waals surface area (Å²) in [6.45, 7) is 1.51. The van der Waals surface area contributed by atoms with Crippen molar-refractivity contribution >= 4 is 17.6 Å². The third kappa shape index (κ3) is 6.58. The van der Waals surface area contributed by atoms with E-state index in [9.17, 15) is 9.59 Å². The third-order valence-electron chi connectivity index (χ3n) is 4.64. The molecule has 0 radical (unpaired) electrons. The van der Waals surface area contributed by atoms with Crippen LogP contribution in [0.15, 0.2) is 84.9 Å². The number of hydrogen-bond donors (Lipinski definition) is 2. The summed E-state index contributed by atoms with van der Waals surface area (Å²) < 4.78 is 16.4. The molecule has 32 heavy (non-hydrogen) atoms. The van der Waals surface area contributed by atoms with Crippen LogP contribution in [-0.4, -0.2) is 37.7 Å². The molecule has 0 aliphatic rings. The fourth-order valence-corrected chi connectivity index (χ4v) is 2.89. The quantitative estimate of drug-likeness (QED) is 0.469. The molecule has 1 unspecified atom stereocenters. The van der Waals surface area contributed by atoms with Crippen molar-refractivity contribution in [1.29, 1.82) is 0 Å². The summed E-state index contributed by atoms with van der Waals surface area (Å²) in [4.78, 5) is 24.8. The summed E-state index contributed by atoms with van der Waals surface area (Å²) >= 11 is 0. The van der Waals surface area contributed by atoms with Crippen LogP contribution in [0.1, 0.15) is 6.92 Å². The molecular formula is C25H26N2O5. The topological polar surface area (TPSA) is 85.9 Å². The van der Waals surface area contributed by atoms with E-state index in [1.54, 1.807) is 43.3 Å². The lowest BCUT2D eigenvalue weighted by Crippen LogP contribution is -2.56. The number of hydrogen-bond acceptors (Lipinski definition) is 6. The second-order valence-electron chi connectivity index (χ2n) is 7.27. The van der Waals surface area contributed by atoms with E-state index in [-0.39, 0.29) is 19.1 Å². The Labute approximate surface area is 187 Å². The van der Waals surface area contributed by atoms with E-state index < -0.39 is 11.5 Å². The van der Waals surface area contributed by atoms with Gasteiger partial charge in [0.15, 0.2) is 0 Å². The van der Waals surface area contributed by atoms with Gasteiger partial charge in [-0.2, -0.15) is 0 Å². The molecule has 0 saturated carbocycles. The van der Waals surface area contributed by atoms with Crippen LogP contribution >= 0.6 is 0 Å². The van der Waals surface area contributed by atoms with Gasteiger partial charge < -0.3 is 19.5 Å². The summed E-state index contributed by atoms with van der Waals surface area (Å²) in [5, 5.41) is 5.75. The largest absolute Gasteiger partial charge is 0.491 e. The Bertz CT molecular complexity index is 1030. The van der Waals surface area contributed by atoms with E-state index in [0.717, 1.165) is 0 Å². The highest BCUT2D eigenvalue weighted by atomic mass is 16.5. The zero-order valence-corrected chi connectivity index (χ0v) is 18.0. The second kappa shape index (κ2) is 11.0. The van der Waals surface area contributed by atoms with E-state index in [1.807, 2.05) is 48.5 Å². The highest BCUT2D eigenvalue weighted by molar-refractivity contribution is 5.93. The number of rotatable bonds is 10. The molecule has 0 saturated heterocycles. The van der Waals surface area contributed by atoms with Crippen LogP contribution in [-0.2, 0) is 14.3 Å². The Morgan fingerprint density at radius 3 is 2.12 bits per heavy atom. The number of nitrogens with one attached hydrogen (secondary N) is 2. The summed E-state index contributed by atoms with van der Waals surface area (Å²) in [7, 11) is 1.29. The van der Waals surface area contributed by atoms with Crippen molar-refractivity contribution in [2.24, 2.45) is 0 Å². The number of carbonyl (C=O) groups is 2. The monoisotopic (exact) mass is 434 g/mol. The summed E-state index contributed by atoms with van der Waals surface area (Å²) in [5.74, 6) is 1.06. The fourth-order valence-electron chi connectivity index (χ4n) is 2.89. The molecule has 7 nitrogen and oxygen atoms in total. The van der Waals surface area contributed by atoms with Crippen molar-refractivity contribution in [3.8, 4) is 17.2 Å². The first-order valence-corrected chi connectivity index (χ1v) is 10.1. The van der Waals surface area contributed by atoms with Crippen molar-refractivity contribution in [2.75, 3.05) is 25.6 Å². The molecule has 0 spiro atoms. The van der Waals surface area contributed by atoms with E-state index >= 15 is 0 Å². The molecule has 0 aliphatic carbocycles. The molecule has 3 aromatic rings. The van der Waals surface area contributed by atoms with Gasteiger partial charge in [-0.05, 0) is 43.3 Å². The van der Waals surface area contributed by atoms with Gasteiger partial charge in [0.05, 0.1) is 13.7 Å². The van der Waals surface area contributed by atoms with Crippen LogP contribution in [0.4, 0.5) is 5.69 Å². The Kier molecular flexibility index (Phi) is 7.83. The molecular weight excluding hydrogens is 408 g/mol. The molecule has 0 bridgehead atoms. The Morgan fingerprint density at radius 1 is 0.844 bits per heavy atom. The minimum absolute atomic E-state index is 0.00261. The molecule has 2 N–H and O–H groups in total. The lowest BCUT2D eigenvalue weighted by molar-refractivity contribution is -0.149. The van der Waals surface area contributed by atoms with Crippen molar-refractivity contribution in [2.45, 2.75) is 12.5 Å². The normalized spacial score (nSPS) is 12.3. The van der Waals surface area contributed by atoms with Gasteiger partial charge in [-0.1, -0.05) is 42.5 Å². The summed E-state index contributed by atoms with van der Waals surface area (Å²) in [5.41, 5.74) is -0.634. The first-order chi connectivity index (χ1) is 15.5. The fraction of sp³-hybridized carbons (Fsp3) is 0.200. The zero-order chi connectivity index (χ0) is 22.8. The molecule has 0 heterocycles. The molecule has 0 aromatic heterocycles. The number of methoxy groups -OCH3 is 1. The Hall–Kier alpha value is -3.84. The van der Waals surface area contributed by atoms with Crippen molar-refractivity contribution < 1.29 is 23.8 Å². The zero-order valence-electron chi connectivity index (χ0n) is 18.0. The molecule has 0 aliphatic heterocycles. The molecule has 0 fully saturated rings. The average Bonchev–Trinajstić information content (AvgIpc) is 2.82. The smallest absolute Gasteiger partial charge is 0.329 e. The number of benzene rings is 3. The van der Waals surface area contributed by atoms with Gasteiger partial charge in [0.25, 0.3) is 0 Å². The first-order valence-electron chi connectivity index (χ1n) is 10.1. The van der Waals surface area contributed by atoms with Crippen molar-refractivity contribution in [1.82, 2.24) is 5.32 Å². The lowest BCUT2D eigenvalue weighted by atomic mass is 10.0. The molecule has 3 aromatic carbocycles. The number of esters is 1. The maximum Gasteiger partial charge on any atom is 0.329 e. The number of anilines is 1. The van der Waals surface area contributed by atoms with Crippen LogP contribution in [0.25, 0.3) is 0 Å². The van der Waals surface area contributed by atoms with Gasteiger partial charge in [0, 0.05) is 11.8 Å². The van der Waals surface area contributed by atoms with Gasteiger partial charge in [-0.15, -0.1) is 0 Å². The minimum Gasteiger partial charge on any atom is -0.491 e. The first kappa shape index (κ1) is 22.8. The van der Waals surface area contributed by atoms with E-state index in [1.165, 1.54) is 7.11 Å². The number of ether oxygens (including phenoxy) is 3. The Balaban J connectivity index is 1.57.